The summed E-state index contributed by atoms with van der Waals surface area (Å²) in [7, 11) is 0. The number of rotatable bonds is 13. The highest BCUT2D eigenvalue weighted by Crippen LogP contribution is 2.24. The number of thiazole rings is 1. The molecule has 182 valence electrons. The molecule has 4 rings (SSSR count). The number of carbonyl (C=O) groups is 2. The first kappa shape index (κ1) is 24.8. The number of imidazole rings is 1. The van der Waals surface area contributed by atoms with Crippen LogP contribution in [0.4, 0.5) is 0 Å². The van der Waals surface area contributed by atoms with E-state index in [1.54, 1.807) is 11.3 Å². The molecule has 0 aliphatic rings. The predicted molar refractivity (Wildman–Crippen MR) is 141 cm³/mol. The number of Topliss-reactive ketones (excluding diaryl/α,β-unsaturated/α-hetero) is 1. The van der Waals surface area contributed by atoms with Crippen molar-refractivity contribution < 1.29 is 9.59 Å². The van der Waals surface area contributed by atoms with Crippen molar-refractivity contribution in [2.75, 3.05) is 0 Å². The Kier molecular flexibility index (Phi) is 8.79. The summed E-state index contributed by atoms with van der Waals surface area (Å²) in [5.74, 6) is 1.07. The van der Waals surface area contributed by atoms with Crippen molar-refractivity contribution in [3.63, 3.8) is 0 Å². The van der Waals surface area contributed by atoms with Gasteiger partial charge in [0.1, 0.15) is 11.6 Å². The quantitative estimate of drug-likeness (QED) is 0.213. The van der Waals surface area contributed by atoms with Crippen LogP contribution in [0.25, 0.3) is 21.5 Å². The van der Waals surface area contributed by atoms with Crippen LogP contribution in [0.15, 0.2) is 60.8 Å². The molecule has 2 aromatic heterocycles. The second kappa shape index (κ2) is 12.4. The number of nitrogens with zero attached hydrogens (tertiary/aromatic N) is 2. The molecule has 1 atom stereocenters. The van der Waals surface area contributed by atoms with Crippen molar-refractivity contribution in [1.82, 2.24) is 20.3 Å². The van der Waals surface area contributed by atoms with Crippen LogP contribution in [0.2, 0.25) is 0 Å². The smallest absolute Gasteiger partial charge is 0.221 e. The Hall–Kier alpha value is -3.32. The number of unbranched alkanes of at least 4 members (excludes halogenated alkanes) is 2. The van der Waals surface area contributed by atoms with Gasteiger partial charge in [-0.2, -0.15) is 0 Å². The number of aromatic nitrogens is 3. The van der Waals surface area contributed by atoms with Gasteiger partial charge in [0.15, 0.2) is 0 Å². The third-order valence-electron chi connectivity index (χ3n) is 6.09. The molecule has 35 heavy (non-hydrogen) atoms. The minimum atomic E-state index is -0.197. The topological polar surface area (TPSA) is 87.7 Å². The summed E-state index contributed by atoms with van der Waals surface area (Å²) in [5, 5.41) is 4.17. The fourth-order valence-electron chi connectivity index (χ4n) is 4.09. The zero-order chi connectivity index (χ0) is 24.5. The summed E-state index contributed by atoms with van der Waals surface area (Å²) in [5.41, 5.74) is 2.98. The number of para-hydroxylation sites is 1. The van der Waals surface area contributed by atoms with Crippen molar-refractivity contribution in [2.24, 2.45) is 0 Å². The van der Waals surface area contributed by atoms with Gasteiger partial charge in [-0.3, -0.25) is 9.59 Å². The molecule has 6 nitrogen and oxygen atoms in total. The monoisotopic (exact) mass is 488 g/mol. The van der Waals surface area contributed by atoms with E-state index in [2.05, 4.69) is 26.3 Å². The largest absolute Gasteiger partial charge is 0.346 e. The van der Waals surface area contributed by atoms with Crippen LogP contribution in [-0.4, -0.2) is 26.6 Å². The van der Waals surface area contributed by atoms with Crippen molar-refractivity contribution in [3.05, 3.63) is 71.6 Å². The van der Waals surface area contributed by atoms with E-state index in [0.29, 0.717) is 31.5 Å². The van der Waals surface area contributed by atoms with Gasteiger partial charge in [-0.1, -0.05) is 62.2 Å². The molecule has 0 fully saturated rings. The number of H-pyrrole nitrogens is 1. The van der Waals surface area contributed by atoms with Gasteiger partial charge < -0.3 is 10.3 Å². The zero-order valence-electron chi connectivity index (χ0n) is 20.1. The number of aryl methyl sites for hydroxylation is 1. The molecular formula is C28H32N4O2S. The SMILES string of the molecule is CCC(=O)CCCCC[C@H](NC(=O)CCc1nc2ccccc2s1)c1ncc(-c2ccccc2)[nH]1. The molecule has 0 aliphatic heterocycles. The summed E-state index contributed by atoms with van der Waals surface area (Å²) in [4.78, 5) is 37.1. The van der Waals surface area contributed by atoms with E-state index in [1.807, 2.05) is 61.7 Å². The van der Waals surface area contributed by atoms with Gasteiger partial charge in [-0.15, -0.1) is 11.3 Å². The maximum Gasteiger partial charge on any atom is 0.221 e. The van der Waals surface area contributed by atoms with Crippen molar-refractivity contribution in [3.8, 4) is 11.3 Å². The third-order valence-corrected chi connectivity index (χ3v) is 7.19. The van der Waals surface area contributed by atoms with Crippen LogP contribution in [0.3, 0.4) is 0 Å². The minimum absolute atomic E-state index is 0.00641. The second-order valence-electron chi connectivity index (χ2n) is 8.74. The molecule has 4 aromatic rings. The molecular weight excluding hydrogens is 456 g/mol. The highest BCUT2D eigenvalue weighted by molar-refractivity contribution is 7.18. The lowest BCUT2D eigenvalue weighted by atomic mass is 10.0. The van der Waals surface area contributed by atoms with Crippen LogP contribution in [-0.2, 0) is 16.0 Å². The Morgan fingerprint density at radius 3 is 2.60 bits per heavy atom. The van der Waals surface area contributed by atoms with Crippen LogP contribution in [0.1, 0.15) is 68.7 Å². The van der Waals surface area contributed by atoms with E-state index >= 15 is 0 Å². The lowest BCUT2D eigenvalue weighted by Crippen LogP contribution is -2.29. The lowest BCUT2D eigenvalue weighted by Gasteiger charge is -2.17. The first-order valence-electron chi connectivity index (χ1n) is 12.4. The van der Waals surface area contributed by atoms with Gasteiger partial charge in [0.05, 0.1) is 33.2 Å². The maximum atomic E-state index is 12.9. The van der Waals surface area contributed by atoms with E-state index in [1.165, 1.54) is 0 Å². The van der Waals surface area contributed by atoms with E-state index in [0.717, 1.165) is 58.0 Å². The number of hydrogen-bond acceptors (Lipinski definition) is 5. The van der Waals surface area contributed by atoms with E-state index in [-0.39, 0.29) is 11.9 Å². The second-order valence-corrected chi connectivity index (χ2v) is 9.85. The fraction of sp³-hybridized carbons (Fsp3) is 0.357. The Labute approximate surface area is 210 Å². The van der Waals surface area contributed by atoms with Gasteiger partial charge in [0.25, 0.3) is 0 Å². The molecule has 0 saturated carbocycles. The highest BCUT2D eigenvalue weighted by Gasteiger charge is 2.19. The van der Waals surface area contributed by atoms with Crippen molar-refractivity contribution >= 4 is 33.2 Å². The van der Waals surface area contributed by atoms with E-state index < -0.39 is 0 Å². The molecule has 0 saturated heterocycles. The molecule has 0 radical (unpaired) electrons. The van der Waals surface area contributed by atoms with Crippen LogP contribution >= 0.6 is 11.3 Å². The van der Waals surface area contributed by atoms with Crippen LogP contribution in [0.5, 0.6) is 0 Å². The molecule has 1 amide bonds. The summed E-state index contributed by atoms with van der Waals surface area (Å²) < 4.78 is 1.14. The van der Waals surface area contributed by atoms with Gasteiger partial charge >= 0.3 is 0 Å². The average Bonchev–Trinajstić information content (AvgIpc) is 3.54. The Bertz CT molecular complexity index is 1220. The van der Waals surface area contributed by atoms with Gasteiger partial charge in [0, 0.05) is 25.7 Å². The van der Waals surface area contributed by atoms with Gasteiger partial charge in [0.2, 0.25) is 5.91 Å². The number of aromatic amines is 1. The third kappa shape index (κ3) is 7.09. The van der Waals surface area contributed by atoms with Gasteiger partial charge in [-0.25, -0.2) is 9.97 Å². The average molecular weight is 489 g/mol. The summed E-state index contributed by atoms with van der Waals surface area (Å²) in [6, 6.07) is 17.9. The molecule has 2 N–H and O–H groups in total. The minimum Gasteiger partial charge on any atom is -0.346 e. The van der Waals surface area contributed by atoms with Crippen molar-refractivity contribution in [2.45, 2.75) is 64.3 Å². The zero-order valence-corrected chi connectivity index (χ0v) is 20.9. The first-order valence-corrected chi connectivity index (χ1v) is 13.2. The summed E-state index contributed by atoms with van der Waals surface area (Å²) in [6.07, 6.45) is 7.59. The molecule has 0 unspecified atom stereocenters. The Morgan fingerprint density at radius 2 is 1.80 bits per heavy atom. The molecule has 0 aliphatic carbocycles. The Morgan fingerprint density at radius 1 is 1.00 bits per heavy atom. The number of fused-ring (bicyclic) bond motifs is 1. The lowest BCUT2D eigenvalue weighted by molar-refractivity contribution is -0.122. The van der Waals surface area contributed by atoms with Crippen LogP contribution in [0, 0.1) is 0 Å². The maximum absolute atomic E-state index is 12.9. The number of benzene rings is 2. The standard InChI is InChI=1S/C28H32N4O2S/c1-2-21(33)13-7-4-8-15-23(28-29-19-24(32-28)20-11-5-3-6-12-20)30-26(34)17-18-27-31-22-14-9-10-16-25(22)35-27/h3,5-6,9-12,14,16,19,23H,2,4,7-8,13,15,17-18H2,1H3,(H,29,32)(H,30,34)/t23-/m0/s1. The van der Waals surface area contributed by atoms with E-state index in [9.17, 15) is 9.59 Å². The van der Waals surface area contributed by atoms with E-state index in [4.69, 9.17) is 0 Å². The fourth-order valence-corrected chi connectivity index (χ4v) is 5.06. The van der Waals surface area contributed by atoms with Crippen molar-refractivity contribution in [1.29, 1.82) is 0 Å². The number of carbonyl (C=O) groups excluding carboxylic acids is 2. The first-order chi connectivity index (χ1) is 17.1. The number of ketones is 1. The number of nitrogens with one attached hydrogen (secondary N) is 2. The molecule has 2 heterocycles. The van der Waals surface area contributed by atoms with Crippen LogP contribution < -0.4 is 5.32 Å². The molecule has 0 spiro atoms. The highest BCUT2D eigenvalue weighted by atomic mass is 32.1. The van der Waals surface area contributed by atoms with Gasteiger partial charge in [-0.05, 0) is 30.5 Å². The molecule has 7 heteroatoms. The number of hydrogen-bond donors (Lipinski definition) is 2. The predicted octanol–water partition coefficient (Wildman–Crippen LogP) is 6.41. The summed E-state index contributed by atoms with van der Waals surface area (Å²) >= 11 is 1.64. The summed E-state index contributed by atoms with van der Waals surface area (Å²) in [6.45, 7) is 1.91. The molecule has 2 aromatic carbocycles. The number of amides is 1. The Balaban J connectivity index is 1.37. The normalized spacial score (nSPS) is 12.0. The molecule has 0 bridgehead atoms.